The van der Waals surface area contributed by atoms with Gasteiger partial charge in [-0.3, -0.25) is 9.48 Å². The van der Waals surface area contributed by atoms with Gasteiger partial charge in [0.15, 0.2) is 0 Å². The monoisotopic (exact) mass is 398 g/mol. The van der Waals surface area contributed by atoms with E-state index >= 15 is 0 Å². The number of piperidine rings is 1. The molecule has 0 atom stereocenters. The number of carbonyl (C=O) groups excluding carboxylic acids is 1. The summed E-state index contributed by atoms with van der Waals surface area (Å²) in [5, 5.41) is 8.30. The number of amides is 1. The van der Waals surface area contributed by atoms with Crippen molar-refractivity contribution >= 4 is 29.9 Å². The maximum Gasteiger partial charge on any atom is 0.250 e. The van der Waals surface area contributed by atoms with Gasteiger partial charge >= 0.3 is 0 Å². The molecule has 1 aromatic carbocycles. The van der Waals surface area contributed by atoms with Crippen molar-refractivity contribution in [1.82, 2.24) is 20.0 Å². The summed E-state index contributed by atoms with van der Waals surface area (Å²) in [7, 11) is 1.82. The number of hydrogen-bond donors (Lipinski definition) is 1. The van der Waals surface area contributed by atoms with Crippen molar-refractivity contribution < 1.29 is 9.53 Å². The lowest BCUT2D eigenvalue weighted by Crippen LogP contribution is -2.55. The second kappa shape index (κ2) is 9.26. The van der Waals surface area contributed by atoms with Gasteiger partial charge in [-0.2, -0.15) is 5.10 Å². The molecular formula is C18H24Cl2N4O2. The minimum Gasteiger partial charge on any atom is -0.492 e. The van der Waals surface area contributed by atoms with Gasteiger partial charge in [-0.05, 0) is 50.2 Å². The van der Waals surface area contributed by atoms with Crippen LogP contribution in [0.1, 0.15) is 12.8 Å². The molecule has 1 N–H and O–H groups in total. The van der Waals surface area contributed by atoms with E-state index in [0.29, 0.717) is 23.9 Å². The summed E-state index contributed by atoms with van der Waals surface area (Å²) in [6.45, 7) is 2.52. The van der Waals surface area contributed by atoms with Crippen molar-refractivity contribution in [3.8, 4) is 5.75 Å². The molecule has 2 heterocycles. The quantitative estimate of drug-likeness (QED) is 0.811. The number of rotatable bonds is 6. The van der Waals surface area contributed by atoms with Gasteiger partial charge in [0, 0.05) is 24.5 Å². The molecule has 26 heavy (non-hydrogen) atoms. The molecule has 0 radical (unpaired) electrons. The zero-order valence-corrected chi connectivity index (χ0v) is 16.3. The van der Waals surface area contributed by atoms with Gasteiger partial charge in [-0.15, -0.1) is 12.4 Å². The Morgan fingerprint density at radius 3 is 2.81 bits per heavy atom. The molecule has 1 aliphatic heterocycles. The number of aromatic nitrogens is 2. The molecule has 1 saturated heterocycles. The van der Waals surface area contributed by atoms with Crippen LogP contribution in [0.15, 0.2) is 42.7 Å². The maximum absolute atomic E-state index is 13.2. The molecule has 1 amide bonds. The summed E-state index contributed by atoms with van der Waals surface area (Å²) in [6, 6.07) is 9.12. The summed E-state index contributed by atoms with van der Waals surface area (Å²) in [5.74, 6) is 0.782. The van der Waals surface area contributed by atoms with Crippen molar-refractivity contribution in [3.63, 3.8) is 0 Å². The second-order valence-electron chi connectivity index (χ2n) is 6.26. The van der Waals surface area contributed by atoms with Crippen molar-refractivity contribution in [2.75, 3.05) is 33.3 Å². The number of carbonyl (C=O) groups is 1. The van der Waals surface area contributed by atoms with Gasteiger partial charge in [-0.25, -0.2) is 0 Å². The fraction of sp³-hybridized carbons (Fsp3) is 0.444. The average molecular weight is 399 g/mol. The van der Waals surface area contributed by atoms with E-state index in [0.717, 1.165) is 25.9 Å². The Hall–Kier alpha value is -1.76. The molecule has 0 unspecified atom stereocenters. The van der Waals surface area contributed by atoms with Crippen LogP contribution in [-0.2, 0) is 10.3 Å². The lowest BCUT2D eigenvalue weighted by atomic mass is 9.87. The number of nitrogens with one attached hydrogen (secondary N) is 1. The molecule has 1 aromatic heterocycles. The highest BCUT2D eigenvalue weighted by Crippen LogP contribution is 2.29. The first-order chi connectivity index (χ1) is 12.1. The Morgan fingerprint density at radius 1 is 1.38 bits per heavy atom. The average Bonchev–Trinajstić information content (AvgIpc) is 3.17. The summed E-state index contributed by atoms with van der Waals surface area (Å²) < 4.78 is 7.52. The molecule has 1 aliphatic rings. The molecule has 0 aliphatic carbocycles. The van der Waals surface area contributed by atoms with Crippen molar-refractivity contribution in [3.05, 3.63) is 47.7 Å². The molecule has 2 aromatic rings. The number of likely N-dealkylation sites (N-methyl/N-ethyl adjacent to an activating group) is 1. The molecule has 0 bridgehead atoms. The number of benzene rings is 1. The molecule has 0 saturated carbocycles. The van der Waals surface area contributed by atoms with Gasteiger partial charge in [0.2, 0.25) is 0 Å². The zero-order valence-electron chi connectivity index (χ0n) is 14.7. The molecule has 8 heteroatoms. The van der Waals surface area contributed by atoms with Gasteiger partial charge in [0.05, 0.1) is 6.54 Å². The third-order valence-electron chi connectivity index (χ3n) is 4.61. The lowest BCUT2D eigenvalue weighted by Gasteiger charge is -2.39. The Kier molecular flexibility index (Phi) is 7.32. The molecule has 3 rings (SSSR count). The molecular weight excluding hydrogens is 375 g/mol. The van der Waals surface area contributed by atoms with E-state index in [9.17, 15) is 4.79 Å². The third kappa shape index (κ3) is 4.50. The minimum atomic E-state index is -0.612. The Balaban J connectivity index is 0.00000243. The topological polar surface area (TPSA) is 59.4 Å². The lowest BCUT2D eigenvalue weighted by molar-refractivity contribution is -0.142. The van der Waals surface area contributed by atoms with E-state index in [1.54, 1.807) is 23.2 Å². The van der Waals surface area contributed by atoms with Crippen LogP contribution in [0, 0.1) is 0 Å². The van der Waals surface area contributed by atoms with Crippen molar-refractivity contribution in [2.24, 2.45) is 0 Å². The van der Waals surface area contributed by atoms with Crippen LogP contribution in [0.2, 0.25) is 5.02 Å². The largest absolute Gasteiger partial charge is 0.492 e. The first kappa shape index (κ1) is 20.6. The van der Waals surface area contributed by atoms with Crippen molar-refractivity contribution in [1.29, 1.82) is 0 Å². The maximum atomic E-state index is 13.2. The highest BCUT2D eigenvalue weighted by molar-refractivity contribution is 6.30. The van der Waals surface area contributed by atoms with Gasteiger partial charge in [-0.1, -0.05) is 17.7 Å². The number of halogens is 2. The first-order valence-corrected chi connectivity index (χ1v) is 8.84. The molecule has 142 valence electrons. The Morgan fingerprint density at radius 2 is 2.15 bits per heavy atom. The zero-order chi connectivity index (χ0) is 17.7. The summed E-state index contributed by atoms with van der Waals surface area (Å²) >= 11 is 5.95. The Bertz CT molecular complexity index is 703. The number of ether oxygens (including phenoxy) is 1. The van der Waals surface area contributed by atoms with E-state index in [1.165, 1.54) is 0 Å². The van der Waals surface area contributed by atoms with E-state index in [1.807, 2.05) is 36.1 Å². The highest BCUT2D eigenvalue weighted by Gasteiger charge is 2.43. The number of nitrogens with zero attached hydrogens (tertiary/aromatic N) is 3. The van der Waals surface area contributed by atoms with E-state index < -0.39 is 5.54 Å². The van der Waals surface area contributed by atoms with Crippen LogP contribution in [0.3, 0.4) is 0 Å². The van der Waals surface area contributed by atoms with Gasteiger partial charge < -0.3 is 15.0 Å². The van der Waals surface area contributed by atoms with E-state index in [2.05, 4.69) is 10.4 Å². The van der Waals surface area contributed by atoms with Crippen LogP contribution < -0.4 is 10.1 Å². The summed E-state index contributed by atoms with van der Waals surface area (Å²) in [6.07, 6.45) is 5.05. The number of hydrogen-bond acceptors (Lipinski definition) is 4. The second-order valence-corrected chi connectivity index (χ2v) is 6.70. The fourth-order valence-corrected chi connectivity index (χ4v) is 3.40. The van der Waals surface area contributed by atoms with E-state index in [4.69, 9.17) is 16.3 Å². The SMILES string of the molecule is CN(CCOc1cccc(Cl)c1)C(=O)C1(n2cccn2)CCNCC1.Cl. The molecule has 1 fully saturated rings. The molecule has 0 spiro atoms. The predicted molar refractivity (Wildman–Crippen MR) is 104 cm³/mol. The van der Waals surface area contributed by atoms with Crippen LogP contribution in [-0.4, -0.2) is 53.9 Å². The normalized spacial score (nSPS) is 15.8. The van der Waals surface area contributed by atoms with Crippen LogP contribution in [0.4, 0.5) is 0 Å². The minimum absolute atomic E-state index is 0. The van der Waals surface area contributed by atoms with Gasteiger partial charge in [0.1, 0.15) is 17.9 Å². The highest BCUT2D eigenvalue weighted by atomic mass is 35.5. The predicted octanol–water partition coefficient (Wildman–Crippen LogP) is 2.57. The van der Waals surface area contributed by atoms with Crippen LogP contribution in [0.25, 0.3) is 0 Å². The molecule has 6 nitrogen and oxygen atoms in total. The van der Waals surface area contributed by atoms with Crippen LogP contribution in [0.5, 0.6) is 5.75 Å². The third-order valence-corrected chi connectivity index (χ3v) is 4.85. The standard InChI is InChI=1S/C18H23ClN4O2.ClH/c1-22(12-13-25-16-5-2-4-15(19)14-16)17(24)18(6-9-20-10-7-18)23-11-3-8-21-23;/h2-5,8,11,14,20H,6-7,9-10,12-13H2,1H3;1H. The fourth-order valence-electron chi connectivity index (χ4n) is 3.22. The summed E-state index contributed by atoms with van der Waals surface area (Å²) in [4.78, 5) is 14.9. The Labute approximate surface area is 164 Å². The van der Waals surface area contributed by atoms with Crippen LogP contribution >= 0.6 is 24.0 Å². The first-order valence-electron chi connectivity index (χ1n) is 8.47. The van der Waals surface area contributed by atoms with Gasteiger partial charge in [0.25, 0.3) is 5.91 Å². The van der Waals surface area contributed by atoms with Crippen molar-refractivity contribution in [2.45, 2.75) is 18.4 Å². The van der Waals surface area contributed by atoms with E-state index in [-0.39, 0.29) is 18.3 Å². The smallest absolute Gasteiger partial charge is 0.250 e. The summed E-state index contributed by atoms with van der Waals surface area (Å²) in [5.41, 5.74) is -0.612.